The van der Waals surface area contributed by atoms with Crippen LogP contribution in [0, 0.1) is 11.2 Å². The quantitative estimate of drug-likeness (QED) is 0.270. The second kappa shape index (κ2) is 9.77. The minimum Gasteiger partial charge on any atom is -0.449 e. The number of halogens is 1. The molecule has 0 radical (unpaired) electrons. The lowest BCUT2D eigenvalue weighted by Gasteiger charge is -2.50. The standard InChI is InChI=1S/C29H26FN5O3S/c1-3-38-28(37)35-34-25-21-14-29(2,24(32-25)20-11-7-5-9-17(20)21)26(36)33-27-31-23(15-39-27)19-12-13-22(30)18-10-6-4-8-16(18)19/h4-13,15,21,24H,3,14H2,1-2H3,(H,32,34)(H,35,37)(H,31,33,36). The summed E-state index contributed by atoms with van der Waals surface area (Å²) in [5.74, 6) is -0.0636. The number of hydrogen-bond donors (Lipinski definition) is 3. The van der Waals surface area contributed by atoms with Crippen LogP contribution in [0.2, 0.25) is 0 Å². The molecule has 2 aliphatic heterocycles. The summed E-state index contributed by atoms with van der Waals surface area (Å²) < 4.78 is 19.2. The van der Waals surface area contributed by atoms with Gasteiger partial charge in [0.05, 0.1) is 23.8 Å². The van der Waals surface area contributed by atoms with Gasteiger partial charge in [0.25, 0.3) is 0 Å². The third kappa shape index (κ3) is 4.30. The zero-order valence-corrected chi connectivity index (χ0v) is 22.1. The van der Waals surface area contributed by atoms with Gasteiger partial charge in [0.15, 0.2) is 5.13 Å². The number of piperidine rings is 1. The van der Waals surface area contributed by atoms with Crippen molar-refractivity contribution in [1.29, 1.82) is 0 Å². The van der Waals surface area contributed by atoms with Gasteiger partial charge in [-0.3, -0.25) is 4.79 Å². The summed E-state index contributed by atoms with van der Waals surface area (Å²) in [5.41, 5.74) is 5.20. The van der Waals surface area contributed by atoms with Gasteiger partial charge in [0.2, 0.25) is 5.91 Å². The van der Waals surface area contributed by atoms with Crippen molar-refractivity contribution < 1.29 is 18.7 Å². The first-order valence-electron chi connectivity index (χ1n) is 12.7. The maximum atomic E-state index is 14.3. The molecule has 7 rings (SSSR count). The largest absolute Gasteiger partial charge is 0.449 e. The minimum absolute atomic E-state index is 0.165. The van der Waals surface area contributed by atoms with Gasteiger partial charge in [-0.25, -0.2) is 19.6 Å². The highest BCUT2D eigenvalue weighted by molar-refractivity contribution is 7.14. The number of fused-ring (bicyclic) bond motifs is 3. The predicted molar refractivity (Wildman–Crippen MR) is 149 cm³/mol. The monoisotopic (exact) mass is 543 g/mol. The van der Waals surface area contributed by atoms with Crippen molar-refractivity contribution in [2.24, 2.45) is 10.5 Å². The van der Waals surface area contributed by atoms with Gasteiger partial charge in [-0.1, -0.05) is 48.5 Å². The lowest BCUT2D eigenvalue weighted by molar-refractivity contribution is -0.127. The van der Waals surface area contributed by atoms with E-state index >= 15 is 0 Å². The number of benzene rings is 3. The molecule has 198 valence electrons. The van der Waals surface area contributed by atoms with Crippen molar-refractivity contribution >= 4 is 45.1 Å². The first-order valence-corrected chi connectivity index (χ1v) is 13.6. The van der Waals surface area contributed by atoms with E-state index in [4.69, 9.17) is 4.74 Å². The van der Waals surface area contributed by atoms with E-state index in [-0.39, 0.29) is 30.3 Å². The van der Waals surface area contributed by atoms with Crippen molar-refractivity contribution in [3.63, 3.8) is 0 Å². The number of ether oxygens (including phenoxy) is 1. The lowest BCUT2D eigenvalue weighted by Crippen LogP contribution is -2.57. The van der Waals surface area contributed by atoms with Crippen LogP contribution in [-0.4, -0.2) is 29.4 Å². The molecule has 3 atom stereocenters. The van der Waals surface area contributed by atoms with Gasteiger partial charge in [-0.2, -0.15) is 5.10 Å². The number of carbonyl (C=O) groups excluding carboxylic acids is 2. The molecule has 0 spiro atoms. The van der Waals surface area contributed by atoms with Gasteiger partial charge >= 0.3 is 6.09 Å². The van der Waals surface area contributed by atoms with E-state index < -0.39 is 11.5 Å². The average molecular weight is 544 g/mol. The summed E-state index contributed by atoms with van der Waals surface area (Å²) in [6, 6.07) is 18.0. The van der Waals surface area contributed by atoms with Crippen LogP contribution in [0.3, 0.4) is 0 Å². The normalized spacial score (nSPS) is 22.3. The number of hydrazone groups is 1. The molecular formula is C29H26FN5O3S. The molecule has 0 saturated carbocycles. The highest BCUT2D eigenvalue weighted by Gasteiger charge is 2.54. The fourth-order valence-electron chi connectivity index (χ4n) is 5.60. The summed E-state index contributed by atoms with van der Waals surface area (Å²) in [6.07, 6.45) is -0.131. The Bertz CT molecular complexity index is 1640. The van der Waals surface area contributed by atoms with Gasteiger partial charge in [0.1, 0.15) is 11.7 Å². The van der Waals surface area contributed by atoms with Crippen LogP contribution < -0.4 is 16.1 Å². The second-order valence-electron chi connectivity index (χ2n) is 9.84. The number of hydrogen-bond acceptors (Lipinski definition) is 6. The van der Waals surface area contributed by atoms with Crippen molar-refractivity contribution in [2.75, 3.05) is 11.9 Å². The third-order valence-corrected chi connectivity index (χ3v) is 8.26. The second-order valence-corrected chi connectivity index (χ2v) is 10.7. The molecule has 3 N–H and O–H groups in total. The maximum Gasteiger partial charge on any atom is 0.427 e. The van der Waals surface area contributed by atoms with Crippen LogP contribution >= 0.6 is 11.3 Å². The van der Waals surface area contributed by atoms with Crippen molar-refractivity contribution in [1.82, 2.24) is 15.7 Å². The summed E-state index contributed by atoms with van der Waals surface area (Å²) >= 11 is 1.33. The number of thiazole rings is 1. The number of amides is 2. The Morgan fingerprint density at radius 1 is 1.13 bits per heavy atom. The summed E-state index contributed by atoms with van der Waals surface area (Å²) in [7, 11) is 0. The van der Waals surface area contributed by atoms with Gasteiger partial charge in [-0.05, 0) is 48.9 Å². The van der Waals surface area contributed by atoms with E-state index in [1.165, 1.54) is 17.4 Å². The Morgan fingerprint density at radius 3 is 2.67 bits per heavy atom. The molecule has 10 heteroatoms. The van der Waals surface area contributed by atoms with E-state index in [9.17, 15) is 14.0 Å². The van der Waals surface area contributed by atoms with Crippen molar-refractivity contribution in [3.8, 4) is 11.3 Å². The van der Waals surface area contributed by atoms with Crippen molar-refractivity contribution in [2.45, 2.75) is 32.2 Å². The molecule has 1 saturated heterocycles. The molecule has 3 heterocycles. The Morgan fingerprint density at radius 2 is 1.87 bits per heavy atom. The number of amidine groups is 1. The topological polar surface area (TPSA) is 105 Å². The number of anilines is 1. The highest BCUT2D eigenvalue weighted by atomic mass is 32.1. The van der Waals surface area contributed by atoms with E-state index in [0.717, 1.165) is 22.1 Å². The van der Waals surface area contributed by atoms with Gasteiger partial charge in [-0.15, -0.1) is 11.3 Å². The highest BCUT2D eigenvalue weighted by Crippen LogP contribution is 2.53. The first kappa shape index (κ1) is 25.0. The molecular weight excluding hydrogens is 517 g/mol. The molecule has 3 aromatic carbocycles. The van der Waals surface area contributed by atoms with Crippen LogP contribution in [0.1, 0.15) is 43.4 Å². The number of carbonyl (C=O) groups is 2. The predicted octanol–water partition coefficient (Wildman–Crippen LogP) is 5.94. The molecule has 3 unspecified atom stereocenters. The number of nitrogens with one attached hydrogen (secondary N) is 3. The molecule has 2 amide bonds. The lowest BCUT2D eigenvalue weighted by atomic mass is 9.61. The van der Waals surface area contributed by atoms with E-state index in [2.05, 4.69) is 26.1 Å². The third-order valence-electron chi connectivity index (χ3n) is 7.50. The molecule has 4 aromatic rings. The van der Waals surface area contributed by atoms with Crippen LogP contribution in [0.4, 0.5) is 14.3 Å². The average Bonchev–Trinajstić information content (AvgIpc) is 3.41. The van der Waals surface area contributed by atoms with Gasteiger partial charge < -0.3 is 15.4 Å². The zero-order valence-electron chi connectivity index (χ0n) is 21.3. The Hall–Kier alpha value is -4.31. The van der Waals surface area contributed by atoms with Crippen LogP contribution in [-0.2, 0) is 9.53 Å². The molecule has 8 nitrogen and oxygen atoms in total. The number of nitrogens with zero attached hydrogens (tertiary/aromatic N) is 2. The molecule has 3 aliphatic rings. The van der Waals surface area contributed by atoms with E-state index in [1.807, 2.05) is 48.7 Å². The Balaban J connectivity index is 1.26. The SMILES string of the molecule is CCOC(=O)N/N=C1\NC2c3ccccc3C1CC2(C)C(=O)Nc1nc(-c2ccc(F)c3ccccc23)cs1. The fraction of sp³-hybridized carbons (Fsp3) is 0.241. The van der Waals surface area contributed by atoms with E-state index in [0.29, 0.717) is 28.5 Å². The van der Waals surface area contributed by atoms with Crippen molar-refractivity contribution in [3.05, 3.63) is 83.0 Å². The molecule has 1 aromatic heterocycles. The van der Waals surface area contributed by atoms with Gasteiger partial charge in [0, 0.05) is 22.2 Å². The Kier molecular flexibility index (Phi) is 6.26. The summed E-state index contributed by atoms with van der Waals surface area (Å²) in [4.78, 5) is 30.3. The fourth-order valence-corrected chi connectivity index (χ4v) is 6.30. The molecule has 39 heavy (non-hydrogen) atoms. The van der Waals surface area contributed by atoms with Crippen LogP contribution in [0.15, 0.2) is 71.1 Å². The summed E-state index contributed by atoms with van der Waals surface area (Å²) in [5, 5.41) is 14.3. The minimum atomic E-state index is -0.809. The Labute approximate surface area is 228 Å². The summed E-state index contributed by atoms with van der Waals surface area (Å²) in [6.45, 7) is 3.90. The molecule has 1 aliphatic carbocycles. The smallest absolute Gasteiger partial charge is 0.427 e. The molecule has 1 fully saturated rings. The van der Waals surface area contributed by atoms with Crippen LogP contribution in [0.25, 0.3) is 22.0 Å². The van der Waals surface area contributed by atoms with Crippen LogP contribution in [0.5, 0.6) is 0 Å². The first-order chi connectivity index (χ1) is 18.9. The zero-order chi connectivity index (χ0) is 27.1. The van der Waals surface area contributed by atoms with E-state index in [1.54, 1.807) is 25.1 Å². The number of aromatic nitrogens is 1. The maximum absolute atomic E-state index is 14.3. The number of rotatable bonds is 5. The molecule has 2 bridgehead atoms.